The summed E-state index contributed by atoms with van der Waals surface area (Å²) >= 11 is 12.4. The average molecular weight is 493 g/mol. The van der Waals surface area contributed by atoms with E-state index >= 15 is 0 Å². The number of hydrogen-bond donors (Lipinski definition) is 3. The van der Waals surface area contributed by atoms with Crippen LogP contribution < -0.4 is 25.6 Å². The molecule has 0 spiro atoms. The van der Waals surface area contributed by atoms with Crippen LogP contribution in [0.4, 0.5) is 11.8 Å². The van der Waals surface area contributed by atoms with Crippen LogP contribution in [-0.2, 0) is 4.79 Å². The summed E-state index contributed by atoms with van der Waals surface area (Å²) in [7, 11) is 1.59. The number of aromatic nitrogens is 2. The lowest BCUT2D eigenvalue weighted by Crippen LogP contribution is -2.49. The second-order valence-corrected chi connectivity index (χ2v) is 9.38. The molecular formula is C23H30Cl2N6O2. The van der Waals surface area contributed by atoms with Gasteiger partial charge in [0.1, 0.15) is 0 Å². The number of methoxy groups -OCH3 is 1. The Labute approximate surface area is 204 Å². The van der Waals surface area contributed by atoms with Crippen molar-refractivity contribution in [2.75, 3.05) is 37.0 Å². The van der Waals surface area contributed by atoms with E-state index in [0.29, 0.717) is 27.6 Å². The van der Waals surface area contributed by atoms with E-state index in [9.17, 15) is 4.79 Å². The van der Waals surface area contributed by atoms with Crippen LogP contribution >= 0.6 is 23.2 Å². The van der Waals surface area contributed by atoms with Crippen LogP contribution in [0.25, 0.3) is 0 Å². The smallest absolute Gasteiger partial charge is 0.237 e. The topological polar surface area (TPSA) is 91.4 Å². The first-order chi connectivity index (χ1) is 15.9. The minimum atomic E-state index is -0.114. The number of rotatable bonds is 7. The molecule has 3 heterocycles. The first kappa shape index (κ1) is 23.9. The van der Waals surface area contributed by atoms with Crippen molar-refractivity contribution in [2.24, 2.45) is 0 Å². The number of anilines is 2. The van der Waals surface area contributed by atoms with Crippen molar-refractivity contribution < 1.29 is 9.53 Å². The molecule has 1 amide bonds. The van der Waals surface area contributed by atoms with Crippen molar-refractivity contribution in [1.82, 2.24) is 20.6 Å². The summed E-state index contributed by atoms with van der Waals surface area (Å²) in [5.41, 5.74) is 0.914. The van der Waals surface area contributed by atoms with Crippen LogP contribution in [0.15, 0.2) is 24.4 Å². The first-order valence-electron chi connectivity index (χ1n) is 11.4. The fraction of sp³-hybridized carbons (Fsp3) is 0.522. The van der Waals surface area contributed by atoms with Crippen LogP contribution in [0, 0.1) is 0 Å². The largest absolute Gasteiger partial charge is 0.491 e. The second-order valence-electron chi connectivity index (χ2n) is 8.54. The van der Waals surface area contributed by atoms with Gasteiger partial charge in [-0.05, 0) is 56.8 Å². The molecule has 3 N–H and O–H groups in total. The molecule has 0 aliphatic carbocycles. The van der Waals surface area contributed by atoms with E-state index in [2.05, 4.69) is 25.8 Å². The van der Waals surface area contributed by atoms with Crippen molar-refractivity contribution in [3.8, 4) is 5.75 Å². The maximum atomic E-state index is 12.4. The number of nitrogens with one attached hydrogen (secondary N) is 3. The van der Waals surface area contributed by atoms with Gasteiger partial charge < -0.3 is 25.6 Å². The number of piperidine rings is 1. The fourth-order valence-electron chi connectivity index (χ4n) is 4.34. The third kappa shape index (κ3) is 5.80. The van der Waals surface area contributed by atoms with E-state index < -0.39 is 0 Å². The Bertz CT molecular complexity index is 977. The van der Waals surface area contributed by atoms with Gasteiger partial charge in [0.05, 0.1) is 25.4 Å². The maximum absolute atomic E-state index is 12.4. The Balaban J connectivity index is 1.40. The van der Waals surface area contributed by atoms with Gasteiger partial charge in [-0.1, -0.05) is 29.3 Å². The normalized spacial score (nSPS) is 19.9. The average Bonchev–Trinajstić information content (AvgIpc) is 3.35. The van der Waals surface area contributed by atoms with Crippen LogP contribution in [0.3, 0.4) is 0 Å². The molecule has 0 radical (unpaired) electrons. The zero-order valence-corrected chi connectivity index (χ0v) is 20.4. The number of nitrogens with zero attached hydrogens (tertiary/aromatic N) is 3. The Morgan fingerprint density at radius 3 is 2.73 bits per heavy atom. The van der Waals surface area contributed by atoms with E-state index in [1.54, 1.807) is 19.4 Å². The maximum Gasteiger partial charge on any atom is 0.237 e. The minimum Gasteiger partial charge on any atom is -0.491 e. The molecule has 2 aromatic rings. The highest BCUT2D eigenvalue weighted by molar-refractivity contribution is 6.35. The van der Waals surface area contributed by atoms with Gasteiger partial charge in [-0.15, -0.1) is 0 Å². The van der Waals surface area contributed by atoms with E-state index in [1.807, 2.05) is 19.1 Å². The van der Waals surface area contributed by atoms with Crippen molar-refractivity contribution >= 4 is 40.9 Å². The monoisotopic (exact) mass is 492 g/mol. The van der Waals surface area contributed by atoms with Gasteiger partial charge in [0.2, 0.25) is 11.9 Å². The molecule has 0 saturated carbocycles. The van der Waals surface area contributed by atoms with Crippen LogP contribution in [0.2, 0.25) is 10.0 Å². The summed E-state index contributed by atoms with van der Waals surface area (Å²) < 4.78 is 5.47. The van der Waals surface area contributed by atoms with Crippen molar-refractivity contribution in [2.45, 2.75) is 50.7 Å². The molecule has 2 atom stereocenters. The summed E-state index contributed by atoms with van der Waals surface area (Å²) in [4.78, 5) is 23.8. The molecule has 2 aliphatic heterocycles. The van der Waals surface area contributed by atoms with Crippen molar-refractivity contribution in [3.05, 3.63) is 40.0 Å². The van der Waals surface area contributed by atoms with E-state index in [4.69, 9.17) is 32.9 Å². The lowest BCUT2D eigenvalue weighted by molar-refractivity contribution is -0.123. The molecule has 1 aromatic carbocycles. The molecule has 2 aliphatic rings. The predicted molar refractivity (Wildman–Crippen MR) is 131 cm³/mol. The predicted octanol–water partition coefficient (Wildman–Crippen LogP) is 3.80. The summed E-state index contributed by atoms with van der Waals surface area (Å²) in [6, 6.07) is 5.46. The molecule has 4 rings (SSSR count). The Morgan fingerprint density at radius 2 is 2.06 bits per heavy atom. The highest BCUT2D eigenvalue weighted by Crippen LogP contribution is 2.32. The first-order valence-corrected chi connectivity index (χ1v) is 12.1. The number of halogens is 2. The molecule has 33 heavy (non-hydrogen) atoms. The number of carbonyl (C=O) groups is 1. The zero-order valence-electron chi connectivity index (χ0n) is 18.9. The second kappa shape index (κ2) is 10.8. The van der Waals surface area contributed by atoms with Crippen LogP contribution in [-0.4, -0.2) is 54.7 Å². The number of ether oxygens (including phenoxy) is 1. The van der Waals surface area contributed by atoms with E-state index in [1.165, 1.54) is 0 Å². The van der Waals surface area contributed by atoms with E-state index in [-0.39, 0.29) is 24.0 Å². The third-order valence-electron chi connectivity index (χ3n) is 6.25. The Kier molecular flexibility index (Phi) is 7.78. The fourth-order valence-corrected chi connectivity index (χ4v) is 4.91. The molecule has 8 nitrogen and oxygen atoms in total. The Hall–Kier alpha value is -2.29. The molecule has 1 aromatic heterocycles. The number of carbonyl (C=O) groups excluding carboxylic acids is 1. The number of hydrogen-bond acceptors (Lipinski definition) is 7. The molecule has 1 unspecified atom stereocenters. The summed E-state index contributed by atoms with van der Waals surface area (Å²) in [6.45, 7) is 4.47. The van der Waals surface area contributed by atoms with Gasteiger partial charge >= 0.3 is 0 Å². The highest BCUT2D eigenvalue weighted by atomic mass is 35.5. The molecule has 2 fully saturated rings. The van der Waals surface area contributed by atoms with Crippen molar-refractivity contribution in [1.29, 1.82) is 0 Å². The minimum absolute atomic E-state index is 0.0438. The summed E-state index contributed by atoms with van der Waals surface area (Å²) in [6.07, 6.45) is 5.37. The molecule has 10 heteroatoms. The SMILES string of the molecule is COc1cnc(N2CCC(NC(=O)C3CCCN3)CC2)nc1N[C@H](C)c1ccc(Cl)cc1Cl. The molecule has 0 bridgehead atoms. The van der Waals surface area contributed by atoms with Crippen LogP contribution in [0.5, 0.6) is 5.75 Å². The summed E-state index contributed by atoms with van der Waals surface area (Å²) in [5, 5.41) is 11.0. The van der Waals surface area contributed by atoms with Gasteiger partial charge in [-0.2, -0.15) is 4.98 Å². The lowest BCUT2D eigenvalue weighted by Gasteiger charge is -2.33. The van der Waals surface area contributed by atoms with Gasteiger partial charge in [0, 0.05) is 29.2 Å². The van der Waals surface area contributed by atoms with Gasteiger partial charge in [-0.25, -0.2) is 4.98 Å². The standard InChI is InChI=1S/C23H30Cl2N6O2/c1-14(17-6-5-15(24)12-18(17)25)28-21-20(33-2)13-27-23(30-21)31-10-7-16(8-11-31)29-22(32)19-4-3-9-26-19/h5-6,12-14,16,19,26H,3-4,7-11H2,1-2H3,(H,29,32)(H,27,28,30)/t14-,19?/m1/s1. The number of amides is 1. The van der Waals surface area contributed by atoms with Gasteiger partial charge in [0.15, 0.2) is 11.6 Å². The van der Waals surface area contributed by atoms with Gasteiger partial charge in [0.25, 0.3) is 0 Å². The lowest BCUT2D eigenvalue weighted by atomic mass is 10.0. The summed E-state index contributed by atoms with van der Waals surface area (Å²) in [5.74, 6) is 1.91. The quantitative estimate of drug-likeness (QED) is 0.541. The van der Waals surface area contributed by atoms with Crippen molar-refractivity contribution in [3.63, 3.8) is 0 Å². The molecule has 178 valence electrons. The molecule has 2 saturated heterocycles. The Morgan fingerprint density at radius 1 is 1.27 bits per heavy atom. The zero-order chi connectivity index (χ0) is 23.4. The van der Waals surface area contributed by atoms with Crippen LogP contribution in [0.1, 0.15) is 44.2 Å². The third-order valence-corrected chi connectivity index (χ3v) is 6.81. The van der Waals surface area contributed by atoms with Gasteiger partial charge in [-0.3, -0.25) is 4.79 Å². The molecular weight excluding hydrogens is 463 g/mol. The highest BCUT2D eigenvalue weighted by Gasteiger charge is 2.27. The number of benzene rings is 1. The van der Waals surface area contributed by atoms with E-state index in [0.717, 1.165) is 50.9 Å².